The van der Waals surface area contributed by atoms with Gasteiger partial charge in [-0.25, -0.2) is 4.79 Å². The number of urea groups is 1. The third-order valence-electron chi connectivity index (χ3n) is 5.09. The minimum Gasteiger partial charge on any atom is -0.324 e. The van der Waals surface area contributed by atoms with Crippen LogP contribution in [-0.4, -0.2) is 40.1 Å². The molecule has 2 heterocycles. The molecule has 0 bridgehead atoms. The van der Waals surface area contributed by atoms with Crippen LogP contribution in [0.5, 0.6) is 0 Å². The highest BCUT2D eigenvalue weighted by Crippen LogP contribution is 2.30. The fraction of sp³-hybridized carbons (Fsp3) is 0.273. The van der Waals surface area contributed by atoms with Crippen LogP contribution in [0.4, 0.5) is 16.2 Å². The third kappa shape index (κ3) is 5.21. The maximum absolute atomic E-state index is 12.8. The second kappa shape index (κ2) is 9.45. The Morgan fingerprint density at radius 3 is 2.71 bits per heavy atom. The number of carbonyl (C=O) groups is 2. The summed E-state index contributed by atoms with van der Waals surface area (Å²) < 4.78 is 0. The Labute approximate surface area is 189 Å². The number of amides is 3. The molecule has 1 fully saturated rings. The first-order valence-electron chi connectivity index (χ1n) is 10.0. The van der Waals surface area contributed by atoms with Crippen molar-refractivity contribution >= 4 is 46.3 Å². The summed E-state index contributed by atoms with van der Waals surface area (Å²) in [5.41, 5.74) is 2.33. The second-order valence-corrected chi connectivity index (χ2v) is 8.88. The molecule has 31 heavy (non-hydrogen) atoms. The Morgan fingerprint density at radius 2 is 1.94 bits per heavy atom. The van der Waals surface area contributed by atoms with E-state index in [9.17, 15) is 9.59 Å². The normalized spacial score (nSPS) is 16.1. The Balaban J connectivity index is 1.39. The average molecular weight is 456 g/mol. The number of aromatic nitrogens is 2. The lowest BCUT2D eigenvalue weighted by Crippen LogP contribution is -2.41. The smallest absolute Gasteiger partial charge is 0.321 e. The number of para-hydroxylation sites is 1. The van der Waals surface area contributed by atoms with Crippen molar-refractivity contribution in [3.05, 3.63) is 69.1 Å². The van der Waals surface area contributed by atoms with Gasteiger partial charge in [0.05, 0.1) is 10.7 Å². The summed E-state index contributed by atoms with van der Waals surface area (Å²) in [6, 6.07) is 14.6. The van der Waals surface area contributed by atoms with Gasteiger partial charge in [0.1, 0.15) is 5.01 Å². The summed E-state index contributed by atoms with van der Waals surface area (Å²) in [4.78, 5) is 27.0. The zero-order valence-electron chi connectivity index (χ0n) is 17.0. The van der Waals surface area contributed by atoms with Crippen LogP contribution >= 0.6 is 22.9 Å². The van der Waals surface area contributed by atoms with Crippen LogP contribution in [0.1, 0.15) is 39.1 Å². The quantitative estimate of drug-likeness (QED) is 0.568. The number of benzene rings is 2. The molecular formula is C22H22ClN5O2S. The topological polar surface area (TPSA) is 87.2 Å². The van der Waals surface area contributed by atoms with Crippen LogP contribution in [0.2, 0.25) is 5.02 Å². The van der Waals surface area contributed by atoms with Crippen molar-refractivity contribution in [2.75, 3.05) is 23.7 Å². The lowest BCUT2D eigenvalue weighted by molar-refractivity contribution is 0.102. The highest BCUT2D eigenvalue weighted by Gasteiger charge is 2.28. The summed E-state index contributed by atoms with van der Waals surface area (Å²) >= 11 is 7.51. The van der Waals surface area contributed by atoms with Gasteiger partial charge < -0.3 is 15.5 Å². The molecule has 1 saturated heterocycles. The number of anilines is 2. The van der Waals surface area contributed by atoms with E-state index in [1.54, 1.807) is 11.0 Å². The summed E-state index contributed by atoms with van der Waals surface area (Å²) in [5.74, 6) is -0.238. The molecule has 9 heteroatoms. The molecule has 7 nitrogen and oxygen atoms in total. The van der Waals surface area contributed by atoms with E-state index in [0.717, 1.165) is 23.4 Å². The number of piperidine rings is 1. The number of halogens is 1. The van der Waals surface area contributed by atoms with Gasteiger partial charge in [-0.3, -0.25) is 4.79 Å². The average Bonchev–Trinajstić information content (AvgIpc) is 3.27. The lowest BCUT2D eigenvalue weighted by atomic mass is 9.99. The molecule has 3 aromatic rings. The zero-order valence-corrected chi connectivity index (χ0v) is 18.5. The summed E-state index contributed by atoms with van der Waals surface area (Å²) in [5, 5.41) is 15.6. The van der Waals surface area contributed by atoms with Crippen LogP contribution in [0.25, 0.3) is 0 Å². The van der Waals surface area contributed by atoms with E-state index in [2.05, 4.69) is 20.8 Å². The van der Waals surface area contributed by atoms with Gasteiger partial charge in [-0.05, 0) is 49.6 Å². The summed E-state index contributed by atoms with van der Waals surface area (Å²) in [6.07, 6.45) is 1.74. The van der Waals surface area contributed by atoms with Crippen molar-refractivity contribution in [3.63, 3.8) is 0 Å². The number of aryl methyl sites for hydroxylation is 1. The first-order chi connectivity index (χ1) is 15.0. The van der Waals surface area contributed by atoms with Gasteiger partial charge in [-0.2, -0.15) is 0 Å². The van der Waals surface area contributed by atoms with Crippen molar-refractivity contribution in [2.45, 2.75) is 25.7 Å². The summed E-state index contributed by atoms with van der Waals surface area (Å²) in [7, 11) is 0. The second-order valence-electron chi connectivity index (χ2n) is 7.46. The predicted molar refractivity (Wildman–Crippen MR) is 123 cm³/mol. The highest BCUT2D eigenvalue weighted by molar-refractivity contribution is 7.13. The monoisotopic (exact) mass is 455 g/mol. The molecule has 2 N–H and O–H groups in total. The number of nitrogens with zero attached hydrogens (tertiary/aromatic N) is 3. The molecule has 0 radical (unpaired) electrons. The minimum atomic E-state index is -0.283. The van der Waals surface area contributed by atoms with Crippen LogP contribution in [-0.2, 0) is 0 Å². The van der Waals surface area contributed by atoms with E-state index < -0.39 is 0 Å². The van der Waals surface area contributed by atoms with Crippen LogP contribution in [0.3, 0.4) is 0 Å². The van der Waals surface area contributed by atoms with Crippen LogP contribution < -0.4 is 10.6 Å². The maximum Gasteiger partial charge on any atom is 0.321 e. The van der Waals surface area contributed by atoms with E-state index in [4.69, 9.17) is 11.6 Å². The third-order valence-corrected chi connectivity index (χ3v) is 6.49. The molecule has 2 aromatic carbocycles. The van der Waals surface area contributed by atoms with Crippen molar-refractivity contribution in [3.8, 4) is 0 Å². The van der Waals surface area contributed by atoms with Crippen molar-refractivity contribution in [1.29, 1.82) is 0 Å². The lowest BCUT2D eigenvalue weighted by Gasteiger charge is -2.31. The van der Waals surface area contributed by atoms with Gasteiger partial charge in [-0.1, -0.05) is 47.2 Å². The molecule has 1 atom stereocenters. The molecule has 1 aliphatic heterocycles. The molecule has 0 saturated carbocycles. The predicted octanol–water partition coefficient (Wildman–Crippen LogP) is 5.16. The first kappa shape index (κ1) is 21.3. The van der Waals surface area contributed by atoms with E-state index in [1.807, 2.05) is 49.4 Å². The Bertz CT molecular complexity index is 1090. The fourth-order valence-corrected chi connectivity index (χ4v) is 4.62. The highest BCUT2D eigenvalue weighted by atomic mass is 35.5. The van der Waals surface area contributed by atoms with Crippen molar-refractivity contribution in [1.82, 2.24) is 15.1 Å². The number of hydrogen-bond acceptors (Lipinski definition) is 5. The minimum absolute atomic E-state index is 0.0452. The molecule has 160 valence electrons. The van der Waals surface area contributed by atoms with Gasteiger partial charge in [-0.15, -0.1) is 10.2 Å². The SMILES string of the molecule is Cc1ccc(NC(=O)N2CCC[C@@H](c3nnc(C(=O)Nc4ccccc4)s3)C2)c(Cl)c1. The number of nitrogens with one attached hydrogen (secondary N) is 2. The number of likely N-dealkylation sites (tertiary alicyclic amines) is 1. The summed E-state index contributed by atoms with van der Waals surface area (Å²) in [6.45, 7) is 3.12. The van der Waals surface area contributed by atoms with E-state index in [1.165, 1.54) is 11.3 Å². The van der Waals surface area contributed by atoms with Gasteiger partial charge in [0.25, 0.3) is 5.91 Å². The van der Waals surface area contributed by atoms with E-state index in [-0.39, 0.29) is 17.9 Å². The van der Waals surface area contributed by atoms with Gasteiger partial charge in [0.2, 0.25) is 5.01 Å². The van der Waals surface area contributed by atoms with E-state index in [0.29, 0.717) is 34.5 Å². The largest absolute Gasteiger partial charge is 0.324 e. The molecule has 0 unspecified atom stereocenters. The standard InChI is InChI=1S/C22H22ClN5O2S/c1-14-9-10-18(17(23)12-14)25-22(30)28-11-5-6-15(13-28)20-26-27-21(31-20)19(29)24-16-7-3-2-4-8-16/h2-4,7-10,12,15H,5-6,11,13H2,1H3,(H,24,29)(H,25,30)/t15-/m1/s1. The number of carbonyl (C=O) groups excluding carboxylic acids is 2. The van der Waals surface area contributed by atoms with Gasteiger partial charge >= 0.3 is 6.03 Å². The van der Waals surface area contributed by atoms with Crippen molar-refractivity contribution in [2.24, 2.45) is 0 Å². The molecule has 1 aromatic heterocycles. The molecule has 0 aliphatic carbocycles. The molecule has 3 amide bonds. The molecule has 1 aliphatic rings. The molecular weight excluding hydrogens is 434 g/mol. The van der Waals surface area contributed by atoms with Crippen LogP contribution in [0, 0.1) is 6.92 Å². The Hall–Kier alpha value is -2.97. The van der Waals surface area contributed by atoms with Gasteiger partial charge in [0.15, 0.2) is 0 Å². The fourth-order valence-electron chi connectivity index (χ4n) is 3.48. The number of rotatable bonds is 4. The van der Waals surface area contributed by atoms with Crippen molar-refractivity contribution < 1.29 is 9.59 Å². The van der Waals surface area contributed by atoms with E-state index >= 15 is 0 Å². The molecule has 4 rings (SSSR count). The van der Waals surface area contributed by atoms with Crippen LogP contribution in [0.15, 0.2) is 48.5 Å². The van der Waals surface area contributed by atoms with Gasteiger partial charge in [0, 0.05) is 24.7 Å². The maximum atomic E-state index is 12.8. The number of hydrogen-bond donors (Lipinski definition) is 2. The first-order valence-corrected chi connectivity index (χ1v) is 11.2. The Morgan fingerprint density at radius 1 is 1.13 bits per heavy atom. The zero-order chi connectivity index (χ0) is 21.8. The Kier molecular flexibility index (Phi) is 6.48. The molecule has 0 spiro atoms.